The van der Waals surface area contributed by atoms with Crippen LogP contribution in [0.3, 0.4) is 0 Å². The molecular weight excluding hydrogens is 200 g/mol. The van der Waals surface area contributed by atoms with Crippen molar-refractivity contribution >= 4 is 0 Å². The van der Waals surface area contributed by atoms with Crippen molar-refractivity contribution in [2.45, 2.75) is 39.3 Å². The lowest BCUT2D eigenvalue weighted by atomic mass is 10.1. The standard InChI is InChI=1S/C13H22N2O/c1-9-7-13(11(3)16-9)10(2)14-12-5-6-15(4)8-12/h7,10,12,14H,5-6,8H2,1-4H3. The average molecular weight is 222 g/mol. The van der Waals surface area contributed by atoms with Crippen molar-refractivity contribution in [3.8, 4) is 0 Å². The Labute approximate surface area is 97.8 Å². The Balaban J connectivity index is 1.97. The van der Waals surface area contributed by atoms with Crippen LogP contribution in [-0.4, -0.2) is 31.1 Å². The predicted octanol–water partition coefficient (Wildman–Crippen LogP) is 2.25. The molecule has 2 atom stereocenters. The van der Waals surface area contributed by atoms with Gasteiger partial charge in [0.25, 0.3) is 0 Å². The van der Waals surface area contributed by atoms with Gasteiger partial charge in [0.2, 0.25) is 0 Å². The Bertz CT molecular complexity index is 359. The smallest absolute Gasteiger partial charge is 0.105 e. The lowest BCUT2D eigenvalue weighted by molar-refractivity contribution is 0.385. The van der Waals surface area contributed by atoms with E-state index < -0.39 is 0 Å². The minimum atomic E-state index is 0.383. The highest BCUT2D eigenvalue weighted by atomic mass is 16.3. The van der Waals surface area contributed by atoms with Crippen LogP contribution in [0.1, 0.15) is 36.5 Å². The zero-order valence-electron chi connectivity index (χ0n) is 10.7. The zero-order chi connectivity index (χ0) is 11.7. The first kappa shape index (κ1) is 11.7. The predicted molar refractivity (Wildman–Crippen MR) is 65.6 cm³/mol. The monoisotopic (exact) mass is 222 g/mol. The van der Waals surface area contributed by atoms with Gasteiger partial charge in [-0.3, -0.25) is 0 Å². The summed E-state index contributed by atoms with van der Waals surface area (Å²) < 4.78 is 5.57. The summed E-state index contributed by atoms with van der Waals surface area (Å²) in [5, 5.41) is 3.68. The first-order chi connectivity index (χ1) is 7.56. The lowest BCUT2D eigenvalue weighted by Crippen LogP contribution is -2.33. The molecule has 0 aliphatic carbocycles. The quantitative estimate of drug-likeness (QED) is 0.850. The molecule has 1 saturated heterocycles. The number of rotatable bonds is 3. The van der Waals surface area contributed by atoms with Crippen molar-refractivity contribution in [1.82, 2.24) is 10.2 Å². The number of nitrogens with zero attached hydrogens (tertiary/aromatic N) is 1. The topological polar surface area (TPSA) is 28.4 Å². The normalized spacial score (nSPS) is 23.9. The molecule has 3 heteroatoms. The lowest BCUT2D eigenvalue weighted by Gasteiger charge is -2.19. The number of hydrogen-bond donors (Lipinski definition) is 1. The third kappa shape index (κ3) is 2.47. The number of aryl methyl sites for hydroxylation is 2. The summed E-state index contributed by atoms with van der Waals surface area (Å²) in [6.45, 7) is 8.62. The van der Waals surface area contributed by atoms with Crippen LogP contribution >= 0.6 is 0 Å². The van der Waals surface area contributed by atoms with Gasteiger partial charge in [0.1, 0.15) is 11.5 Å². The molecule has 1 N–H and O–H groups in total. The second-order valence-corrected chi connectivity index (χ2v) is 5.00. The third-order valence-electron chi connectivity index (χ3n) is 3.42. The van der Waals surface area contributed by atoms with Gasteiger partial charge in [-0.2, -0.15) is 0 Å². The molecule has 0 amide bonds. The van der Waals surface area contributed by atoms with E-state index in [2.05, 4.69) is 30.3 Å². The number of furan rings is 1. The van der Waals surface area contributed by atoms with Gasteiger partial charge in [-0.1, -0.05) is 0 Å². The second kappa shape index (κ2) is 4.60. The largest absolute Gasteiger partial charge is 0.466 e. The van der Waals surface area contributed by atoms with Crippen LogP contribution < -0.4 is 5.32 Å². The molecule has 16 heavy (non-hydrogen) atoms. The van der Waals surface area contributed by atoms with Crippen LogP contribution in [0.25, 0.3) is 0 Å². The number of likely N-dealkylation sites (N-methyl/N-ethyl adjacent to an activating group) is 1. The van der Waals surface area contributed by atoms with Gasteiger partial charge in [-0.25, -0.2) is 0 Å². The molecule has 90 valence electrons. The van der Waals surface area contributed by atoms with E-state index in [0.29, 0.717) is 12.1 Å². The van der Waals surface area contributed by atoms with Crippen molar-refractivity contribution in [1.29, 1.82) is 0 Å². The van der Waals surface area contributed by atoms with Crippen molar-refractivity contribution in [2.75, 3.05) is 20.1 Å². The Morgan fingerprint density at radius 1 is 1.50 bits per heavy atom. The van der Waals surface area contributed by atoms with Gasteiger partial charge < -0.3 is 14.6 Å². The molecule has 0 aromatic carbocycles. The molecule has 0 saturated carbocycles. The van der Waals surface area contributed by atoms with Gasteiger partial charge in [-0.15, -0.1) is 0 Å². The second-order valence-electron chi connectivity index (χ2n) is 5.00. The zero-order valence-corrected chi connectivity index (χ0v) is 10.7. The van der Waals surface area contributed by atoms with Crippen LogP contribution in [0.4, 0.5) is 0 Å². The van der Waals surface area contributed by atoms with Gasteiger partial charge in [0, 0.05) is 24.2 Å². The first-order valence-electron chi connectivity index (χ1n) is 6.08. The molecule has 1 aromatic rings. The van der Waals surface area contributed by atoms with E-state index in [1.54, 1.807) is 0 Å². The SMILES string of the molecule is Cc1cc(C(C)NC2CCN(C)C2)c(C)o1. The third-order valence-corrected chi connectivity index (χ3v) is 3.42. The van der Waals surface area contributed by atoms with Crippen molar-refractivity contribution in [3.05, 3.63) is 23.2 Å². The fraction of sp³-hybridized carbons (Fsp3) is 0.692. The summed E-state index contributed by atoms with van der Waals surface area (Å²) in [6.07, 6.45) is 1.25. The molecule has 1 aliphatic heterocycles. The maximum Gasteiger partial charge on any atom is 0.105 e. The van der Waals surface area contributed by atoms with Gasteiger partial charge in [-0.05, 0) is 46.9 Å². The highest BCUT2D eigenvalue weighted by Gasteiger charge is 2.22. The van der Waals surface area contributed by atoms with Crippen LogP contribution in [0, 0.1) is 13.8 Å². The molecule has 2 heterocycles. The van der Waals surface area contributed by atoms with E-state index in [0.717, 1.165) is 18.1 Å². The number of likely N-dealkylation sites (tertiary alicyclic amines) is 1. The Kier molecular flexibility index (Phi) is 3.36. The summed E-state index contributed by atoms with van der Waals surface area (Å²) in [6, 6.07) is 3.15. The van der Waals surface area contributed by atoms with E-state index in [4.69, 9.17) is 4.42 Å². The van der Waals surface area contributed by atoms with E-state index in [1.807, 2.05) is 13.8 Å². The van der Waals surface area contributed by atoms with Crippen molar-refractivity contribution in [3.63, 3.8) is 0 Å². The minimum Gasteiger partial charge on any atom is -0.466 e. The highest BCUT2D eigenvalue weighted by molar-refractivity contribution is 5.23. The van der Waals surface area contributed by atoms with Gasteiger partial charge >= 0.3 is 0 Å². The van der Waals surface area contributed by atoms with E-state index >= 15 is 0 Å². The summed E-state index contributed by atoms with van der Waals surface area (Å²) in [7, 11) is 2.18. The molecule has 3 nitrogen and oxygen atoms in total. The number of hydrogen-bond acceptors (Lipinski definition) is 3. The molecule has 0 bridgehead atoms. The maximum atomic E-state index is 5.57. The molecule has 1 fully saturated rings. The van der Waals surface area contributed by atoms with Gasteiger partial charge in [0.05, 0.1) is 0 Å². The van der Waals surface area contributed by atoms with Gasteiger partial charge in [0.15, 0.2) is 0 Å². The molecule has 1 aromatic heterocycles. The first-order valence-corrected chi connectivity index (χ1v) is 6.08. The van der Waals surface area contributed by atoms with E-state index in [9.17, 15) is 0 Å². The summed E-state index contributed by atoms with van der Waals surface area (Å²) in [5.41, 5.74) is 1.30. The minimum absolute atomic E-state index is 0.383. The summed E-state index contributed by atoms with van der Waals surface area (Å²) >= 11 is 0. The fourth-order valence-corrected chi connectivity index (χ4v) is 2.59. The van der Waals surface area contributed by atoms with Crippen molar-refractivity contribution < 1.29 is 4.42 Å². The maximum absolute atomic E-state index is 5.57. The Morgan fingerprint density at radius 3 is 2.75 bits per heavy atom. The molecule has 2 unspecified atom stereocenters. The van der Waals surface area contributed by atoms with Crippen LogP contribution in [-0.2, 0) is 0 Å². The van der Waals surface area contributed by atoms with Crippen molar-refractivity contribution in [2.24, 2.45) is 0 Å². The molecule has 0 radical (unpaired) electrons. The molecular formula is C13H22N2O. The molecule has 2 rings (SSSR count). The number of nitrogens with one attached hydrogen (secondary N) is 1. The summed E-state index contributed by atoms with van der Waals surface area (Å²) in [5.74, 6) is 2.05. The highest BCUT2D eigenvalue weighted by Crippen LogP contribution is 2.22. The Morgan fingerprint density at radius 2 is 2.25 bits per heavy atom. The van der Waals surface area contributed by atoms with E-state index in [1.165, 1.54) is 18.5 Å². The fourth-order valence-electron chi connectivity index (χ4n) is 2.59. The van der Waals surface area contributed by atoms with Crippen LogP contribution in [0.15, 0.2) is 10.5 Å². The molecule has 1 aliphatic rings. The van der Waals surface area contributed by atoms with Crippen LogP contribution in [0.2, 0.25) is 0 Å². The average Bonchev–Trinajstić information content (AvgIpc) is 2.73. The molecule has 0 spiro atoms. The summed E-state index contributed by atoms with van der Waals surface area (Å²) in [4.78, 5) is 2.37. The Hall–Kier alpha value is -0.800. The van der Waals surface area contributed by atoms with Crippen LogP contribution in [0.5, 0.6) is 0 Å². The van der Waals surface area contributed by atoms with E-state index in [-0.39, 0.29) is 0 Å².